The fourth-order valence-electron chi connectivity index (χ4n) is 7.48. The number of aliphatic hydroxyl groups is 4. The fourth-order valence-corrected chi connectivity index (χ4v) is 7.48. The molecule has 9 atom stereocenters. The normalized spacial score (nSPS) is 29.6. The van der Waals surface area contributed by atoms with Gasteiger partial charge in [-0.15, -0.1) is 0 Å². The van der Waals surface area contributed by atoms with E-state index in [1.165, 1.54) is 33.5 Å². The molecular weight excluding hydrogens is 684 g/mol. The Labute approximate surface area is 298 Å². The summed E-state index contributed by atoms with van der Waals surface area (Å²) in [6, 6.07) is 18.5. The first-order chi connectivity index (χ1) is 25.0. The third kappa shape index (κ3) is 6.25. The SMILES string of the molecule is COc1ccc([C@@]23Oc4cc(O[C@H]5O[C@@H](C(O)CO)CO[C@H]5OC)cc(OC)c4[C@]2(O)[C@H](O)[C@H](C(=O)NCCNC(=O)O)[C@H]3c2ccccc2)cc1. The summed E-state index contributed by atoms with van der Waals surface area (Å²) < 4.78 is 41.2. The average molecular weight is 727 g/mol. The first-order valence-electron chi connectivity index (χ1n) is 16.5. The lowest BCUT2D eigenvalue weighted by Gasteiger charge is -2.40. The van der Waals surface area contributed by atoms with Gasteiger partial charge in [-0.2, -0.15) is 0 Å². The van der Waals surface area contributed by atoms with Gasteiger partial charge < -0.3 is 69.3 Å². The molecule has 16 nitrogen and oxygen atoms in total. The van der Waals surface area contributed by atoms with Gasteiger partial charge in [0.1, 0.15) is 41.3 Å². The number of ether oxygens (including phenoxy) is 7. The number of hydrogen-bond donors (Lipinski definition) is 7. The van der Waals surface area contributed by atoms with Crippen LogP contribution in [0.15, 0.2) is 66.7 Å². The van der Waals surface area contributed by atoms with E-state index in [1.54, 1.807) is 54.6 Å². The standard InChI is InChI=1S/C36H42N2O14/c1-46-21-11-9-20(10-12-21)36-28(19-7-5-4-6-8-19)27(31(42)37-13-14-38-34(43)44)30(41)35(36,45)29-24(47-2)15-22(16-25(29)52-36)50-33-32(48-3)49-18-26(51-33)23(40)17-39/h4-12,15-16,23,26-28,30,32-33,38-41,45H,13-14,17-18H2,1-3H3,(H,37,42)(H,43,44)/t23?,26-,27-,28-,30-,32-,33+,35+,36+/m1/s1. The van der Waals surface area contributed by atoms with E-state index in [-0.39, 0.29) is 42.5 Å². The topological polar surface area (TPSA) is 224 Å². The lowest BCUT2D eigenvalue weighted by Crippen LogP contribution is -2.52. The molecule has 3 aromatic rings. The predicted molar refractivity (Wildman–Crippen MR) is 179 cm³/mol. The number of hydrogen-bond acceptors (Lipinski definition) is 13. The number of carbonyl (C=O) groups excluding carboxylic acids is 1. The van der Waals surface area contributed by atoms with Gasteiger partial charge in [0, 0.05) is 38.2 Å². The van der Waals surface area contributed by atoms with Gasteiger partial charge in [-0.3, -0.25) is 4.79 Å². The summed E-state index contributed by atoms with van der Waals surface area (Å²) in [7, 11) is 4.25. The van der Waals surface area contributed by atoms with Crippen molar-refractivity contribution in [3.8, 4) is 23.0 Å². The van der Waals surface area contributed by atoms with E-state index in [4.69, 9.17) is 38.3 Å². The van der Waals surface area contributed by atoms with Gasteiger partial charge in [0.15, 0.2) is 11.2 Å². The highest BCUT2D eigenvalue weighted by Crippen LogP contribution is 2.70. The van der Waals surface area contributed by atoms with Crippen LogP contribution in [0.1, 0.15) is 22.6 Å². The predicted octanol–water partition coefficient (Wildman–Crippen LogP) is 0.784. The van der Waals surface area contributed by atoms with Crippen molar-refractivity contribution < 1.29 is 68.3 Å². The van der Waals surface area contributed by atoms with Gasteiger partial charge in [0.05, 0.1) is 38.9 Å². The van der Waals surface area contributed by atoms with Crippen LogP contribution in [0.3, 0.4) is 0 Å². The molecular formula is C36H42N2O14. The van der Waals surface area contributed by atoms with Crippen LogP contribution in [0, 0.1) is 5.92 Å². The van der Waals surface area contributed by atoms with Crippen molar-refractivity contribution in [2.24, 2.45) is 5.92 Å². The molecule has 2 aliphatic heterocycles. The minimum atomic E-state index is -2.33. The van der Waals surface area contributed by atoms with Crippen molar-refractivity contribution in [3.63, 3.8) is 0 Å². The Morgan fingerprint density at radius 3 is 2.31 bits per heavy atom. The highest BCUT2D eigenvalue weighted by molar-refractivity contribution is 5.83. The van der Waals surface area contributed by atoms with Crippen LogP contribution in [0.2, 0.25) is 0 Å². The molecule has 7 N–H and O–H groups in total. The van der Waals surface area contributed by atoms with E-state index in [9.17, 15) is 30.0 Å². The van der Waals surface area contributed by atoms with E-state index in [0.29, 0.717) is 16.9 Å². The van der Waals surface area contributed by atoms with Crippen LogP contribution in [0.4, 0.5) is 4.79 Å². The number of fused-ring (bicyclic) bond motifs is 3. The minimum absolute atomic E-state index is 0.0422. The second-order valence-electron chi connectivity index (χ2n) is 12.6. The number of amides is 2. The van der Waals surface area contributed by atoms with Crippen molar-refractivity contribution in [1.82, 2.24) is 10.6 Å². The highest BCUT2D eigenvalue weighted by atomic mass is 16.8. The number of carbonyl (C=O) groups is 2. The third-order valence-electron chi connectivity index (χ3n) is 9.78. The smallest absolute Gasteiger partial charge is 0.404 e. The van der Waals surface area contributed by atoms with E-state index >= 15 is 0 Å². The molecule has 1 saturated heterocycles. The van der Waals surface area contributed by atoms with Gasteiger partial charge >= 0.3 is 6.09 Å². The molecule has 280 valence electrons. The Bertz CT molecular complexity index is 1730. The van der Waals surface area contributed by atoms with E-state index < -0.39 is 72.5 Å². The molecule has 52 heavy (non-hydrogen) atoms. The molecule has 3 aliphatic rings. The molecule has 1 saturated carbocycles. The van der Waals surface area contributed by atoms with Crippen molar-refractivity contribution >= 4 is 12.0 Å². The molecule has 2 heterocycles. The Kier molecular flexibility index (Phi) is 10.8. The quantitative estimate of drug-likeness (QED) is 0.121. The molecule has 1 aliphatic carbocycles. The zero-order chi connectivity index (χ0) is 37.2. The third-order valence-corrected chi connectivity index (χ3v) is 9.78. The lowest BCUT2D eigenvalue weighted by atomic mass is 9.70. The Hall–Kier alpha value is -4.68. The molecule has 1 unspecified atom stereocenters. The molecule has 0 radical (unpaired) electrons. The molecule has 16 heteroatoms. The number of aliphatic hydroxyl groups excluding tert-OH is 3. The number of rotatable bonds is 13. The van der Waals surface area contributed by atoms with Crippen LogP contribution in [0.5, 0.6) is 23.0 Å². The van der Waals surface area contributed by atoms with Gasteiger partial charge in [0.25, 0.3) is 6.29 Å². The Morgan fingerprint density at radius 1 is 0.962 bits per heavy atom. The van der Waals surface area contributed by atoms with E-state index in [2.05, 4.69) is 10.6 Å². The highest BCUT2D eigenvalue weighted by Gasteiger charge is 2.78. The second kappa shape index (κ2) is 15.1. The van der Waals surface area contributed by atoms with Crippen LogP contribution in [-0.4, -0.2) is 116 Å². The maximum absolute atomic E-state index is 14.1. The first-order valence-corrected chi connectivity index (χ1v) is 16.5. The summed E-state index contributed by atoms with van der Waals surface area (Å²) >= 11 is 0. The molecule has 0 bridgehead atoms. The molecule has 3 aromatic carbocycles. The largest absolute Gasteiger partial charge is 0.497 e. The Balaban J connectivity index is 1.49. The maximum Gasteiger partial charge on any atom is 0.404 e. The van der Waals surface area contributed by atoms with Gasteiger partial charge in [0.2, 0.25) is 12.2 Å². The van der Waals surface area contributed by atoms with Crippen molar-refractivity contribution in [1.29, 1.82) is 0 Å². The zero-order valence-electron chi connectivity index (χ0n) is 28.6. The Morgan fingerprint density at radius 2 is 1.67 bits per heavy atom. The molecule has 2 amide bonds. The lowest BCUT2D eigenvalue weighted by molar-refractivity contribution is -0.324. The molecule has 0 spiro atoms. The van der Waals surface area contributed by atoms with Gasteiger partial charge in [-0.25, -0.2) is 4.79 Å². The number of methoxy groups -OCH3 is 3. The number of carboxylic acid groups (broad SMARTS) is 1. The zero-order valence-corrected chi connectivity index (χ0v) is 28.6. The van der Waals surface area contributed by atoms with Crippen molar-refractivity contribution in [3.05, 3.63) is 83.4 Å². The summed E-state index contributed by atoms with van der Waals surface area (Å²) in [5.41, 5.74) is -3.20. The van der Waals surface area contributed by atoms with Crippen LogP contribution in [-0.2, 0) is 30.2 Å². The van der Waals surface area contributed by atoms with Crippen molar-refractivity contribution in [2.45, 2.75) is 48.0 Å². The second-order valence-corrected chi connectivity index (χ2v) is 12.6. The average Bonchev–Trinajstić information content (AvgIpc) is 3.54. The summed E-state index contributed by atoms with van der Waals surface area (Å²) in [5.74, 6) is -2.27. The summed E-state index contributed by atoms with van der Waals surface area (Å²) in [6.07, 6.45) is -7.50. The maximum atomic E-state index is 14.1. The molecule has 6 rings (SSSR count). The minimum Gasteiger partial charge on any atom is -0.497 e. The van der Waals surface area contributed by atoms with E-state index in [1.807, 2.05) is 0 Å². The van der Waals surface area contributed by atoms with Crippen LogP contribution < -0.4 is 29.6 Å². The summed E-state index contributed by atoms with van der Waals surface area (Å²) in [6.45, 7) is -0.828. The first kappa shape index (κ1) is 37.1. The summed E-state index contributed by atoms with van der Waals surface area (Å²) in [5, 5.41) is 59.1. The summed E-state index contributed by atoms with van der Waals surface area (Å²) in [4.78, 5) is 25.1. The molecule has 2 fully saturated rings. The van der Waals surface area contributed by atoms with Crippen LogP contribution >= 0.6 is 0 Å². The van der Waals surface area contributed by atoms with Gasteiger partial charge in [-0.1, -0.05) is 42.5 Å². The number of nitrogens with one attached hydrogen (secondary N) is 2. The van der Waals surface area contributed by atoms with Gasteiger partial charge in [-0.05, 0) is 23.3 Å². The monoisotopic (exact) mass is 726 g/mol. The van der Waals surface area contributed by atoms with E-state index in [0.717, 1.165) is 0 Å². The van der Waals surface area contributed by atoms with Crippen LogP contribution in [0.25, 0.3) is 0 Å². The number of benzene rings is 3. The van der Waals surface area contributed by atoms with Crippen molar-refractivity contribution in [2.75, 3.05) is 47.6 Å². The molecule has 0 aromatic heterocycles. The fraction of sp³-hybridized carbons (Fsp3) is 0.444.